The number of carbonyl (C=O) groups is 1. The zero-order chi connectivity index (χ0) is 17.8. The molecule has 6 nitrogen and oxygen atoms in total. The molecular formula is C18H18ClN3O3. The number of hydrogen-bond acceptors (Lipinski definition) is 4. The van der Waals surface area contributed by atoms with Crippen molar-refractivity contribution in [2.75, 3.05) is 13.1 Å². The number of hydrogen-bond donors (Lipinski definition) is 1. The number of likely N-dealkylation sites (tertiary alicyclic amines) is 1. The lowest BCUT2D eigenvalue weighted by atomic mass is 10.1. The molecule has 1 N–H and O–H groups in total. The summed E-state index contributed by atoms with van der Waals surface area (Å²) in [4.78, 5) is 24.7. The van der Waals surface area contributed by atoms with Gasteiger partial charge in [0.25, 0.3) is 11.6 Å². The van der Waals surface area contributed by atoms with Gasteiger partial charge < -0.3 is 5.32 Å². The summed E-state index contributed by atoms with van der Waals surface area (Å²) in [6, 6.07) is 15.5. The number of nitrogens with zero attached hydrogens (tertiary/aromatic N) is 2. The van der Waals surface area contributed by atoms with Crippen LogP contribution < -0.4 is 5.32 Å². The van der Waals surface area contributed by atoms with E-state index in [0.29, 0.717) is 18.7 Å². The van der Waals surface area contributed by atoms with Crippen molar-refractivity contribution in [3.63, 3.8) is 0 Å². The molecule has 1 aliphatic heterocycles. The molecule has 1 amide bonds. The lowest BCUT2D eigenvalue weighted by Crippen LogP contribution is -2.41. The first-order chi connectivity index (χ1) is 12.0. The van der Waals surface area contributed by atoms with Gasteiger partial charge in [-0.25, -0.2) is 0 Å². The van der Waals surface area contributed by atoms with Crippen LogP contribution in [0.15, 0.2) is 54.6 Å². The van der Waals surface area contributed by atoms with Gasteiger partial charge in [-0.15, -0.1) is 11.6 Å². The third-order valence-electron chi connectivity index (χ3n) is 4.23. The molecule has 0 saturated carbocycles. The average Bonchev–Trinajstić information content (AvgIpc) is 2.95. The Morgan fingerprint density at radius 1 is 1.16 bits per heavy atom. The van der Waals surface area contributed by atoms with Crippen LogP contribution >= 0.6 is 11.6 Å². The van der Waals surface area contributed by atoms with Crippen LogP contribution in [0.5, 0.6) is 0 Å². The average molecular weight is 360 g/mol. The number of halogens is 1. The lowest BCUT2D eigenvalue weighted by Gasteiger charge is -2.17. The van der Waals surface area contributed by atoms with E-state index >= 15 is 0 Å². The Bertz CT molecular complexity index is 752. The standard InChI is InChI=1S/C18H18ClN3O3/c19-16-11-21(10-13-4-2-1-3-5-13)12-17(16)20-18(23)14-6-8-15(9-7-14)22(24)25/h1-9,16-17H,10-12H2,(H,20,23)/t16-,17-/m0/s1. The van der Waals surface area contributed by atoms with Crippen molar-refractivity contribution in [1.29, 1.82) is 0 Å². The van der Waals surface area contributed by atoms with E-state index in [1.807, 2.05) is 18.2 Å². The van der Waals surface area contributed by atoms with E-state index in [1.165, 1.54) is 29.8 Å². The molecule has 0 aromatic heterocycles. The SMILES string of the molecule is O=C(N[C@H]1CN(Cc2ccccc2)C[C@@H]1Cl)c1ccc([N+](=O)[O-])cc1. The molecule has 0 spiro atoms. The highest BCUT2D eigenvalue weighted by Gasteiger charge is 2.32. The van der Waals surface area contributed by atoms with E-state index in [4.69, 9.17) is 11.6 Å². The van der Waals surface area contributed by atoms with Crippen molar-refractivity contribution >= 4 is 23.2 Å². The van der Waals surface area contributed by atoms with Crippen molar-refractivity contribution in [1.82, 2.24) is 10.2 Å². The Kier molecular flexibility index (Phi) is 5.31. The van der Waals surface area contributed by atoms with Crippen LogP contribution in [0, 0.1) is 10.1 Å². The molecule has 1 heterocycles. The van der Waals surface area contributed by atoms with Gasteiger partial charge in [0.2, 0.25) is 0 Å². The summed E-state index contributed by atoms with van der Waals surface area (Å²) in [6.45, 7) is 2.15. The zero-order valence-corrected chi connectivity index (χ0v) is 14.2. The van der Waals surface area contributed by atoms with Gasteiger partial charge in [-0.1, -0.05) is 30.3 Å². The minimum Gasteiger partial charge on any atom is -0.346 e. The summed E-state index contributed by atoms with van der Waals surface area (Å²) in [5.74, 6) is -0.271. The second-order valence-electron chi connectivity index (χ2n) is 6.08. The molecule has 25 heavy (non-hydrogen) atoms. The van der Waals surface area contributed by atoms with Crippen LogP contribution in [0.3, 0.4) is 0 Å². The summed E-state index contributed by atoms with van der Waals surface area (Å²) < 4.78 is 0. The molecule has 0 radical (unpaired) electrons. The third-order valence-corrected chi connectivity index (χ3v) is 4.67. The second kappa shape index (κ2) is 7.63. The highest BCUT2D eigenvalue weighted by Crippen LogP contribution is 2.19. The molecule has 2 aromatic rings. The van der Waals surface area contributed by atoms with E-state index in [-0.39, 0.29) is 23.0 Å². The summed E-state index contributed by atoms with van der Waals surface area (Å²) >= 11 is 6.39. The third kappa shape index (κ3) is 4.35. The molecule has 0 bridgehead atoms. The first-order valence-corrected chi connectivity index (χ1v) is 8.42. The molecule has 3 rings (SSSR count). The molecule has 2 aromatic carbocycles. The maximum absolute atomic E-state index is 12.3. The Balaban J connectivity index is 1.58. The molecule has 7 heteroatoms. The predicted molar refractivity (Wildman–Crippen MR) is 95.7 cm³/mol. The summed E-state index contributed by atoms with van der Waals surface area (Å²) in [5.41, 5.74) is 1.55. The number of amides is 1. The fourth-order valence-corrected chi connectivity index (χ4v) is 3.27. The van der Waals surface area contributed by atoms with Gasteiger partial charge >= 0.3 is 0 Å². The Morgan fingerprint density at radius 3 is 2.48 bits per heavy atom. The molecule has 0 aliphatic carbocycles. The van der Waals surface area contributed by atoms with Crippen LogP contribution in [0.25, 0.3) is 0 Å². The molecule has 1 aliphatic rings. The van der Waals surface area contributed by atoms with Gasteiger partial charge in [0.1, 0.15) is 0 Å². The van der Waals surface area contributed by atoms with Crippen LogP contribution in [-0.4, -0.2) is 40.2 Å². The van der Waals surface area contributed by atoms with Crippen LogP contribution in [-0.2, 0) is 6.54 Å². The topological polar surface area (TPSA) is 75.5 Å². The van der Waals surface area contributed by atoms with E-state index < -0.39 is 4.92 Å². The molecule has 130 valence electrons. The van der Waals surface area contributed by atoms with E-state index in [0.717, 1.165) is 6.54 Å². The number of nitro groups is 1. The Labute approximate surface area is 150 Å². The van der Waals surface area contributed by atoms with E-state index in [2.05, 4.69) is 22.3 Å². The number of nitro benzene ring substituents is 1. The normalized spacial score (nSPS) is 20.4. The predicted octanol–water partition coefficient (Wildman–Crippen LogP) is 2.82. The van der Waals surface area contributed by atoms with Crippen LogP contribution in [0.1, 0.15) is 15.9 Å². The van der Waals surface area contributed by atoms with Crippen molar-refractivity contribution < 1.29 is 9.72 Å². The zero-order valence-electron chi connectivity index (χ0n) is 13.5. The van der Waals surface area contributed by atoms with Crippen molar-refractivity contribution in [2.24, 2.45) is 0 Å². The molecule has 1 fully saturated rings. The van der Waals surface area contributed by atoms with Gasteiger partial charge in [0, 0.05) is 37.3 Å². The highest BCUT2D eigenvalue weighted by molar-refractivity contribution is 6.21. The van der Waals surface area contributed by atoms with Crippen molar-refractivity contribution in [3.8, 4) is 0 Å². The molecule has 1 saturated heterocycles. The van der Waals surface area contributed by atoms with Crippen LogP contribution in [0.2, 0.25) is 0 Å². The highest BCUT2D eigenvalue weighted by atomic mass is 35.5. The first kappa shape index (κ1) is 17.4. The maximum Gasteiger partial charge on any atom is 0.269 e. The Hall–Kier alpha value is -2.44. The monoisotopic (exact) mass is 359 g/mol. The van der Waals surface area contributed by atoms with Gasteiger partial charge in [-0.05, 0) is 17.7 Å². The quantitative estimate of drug-likeness (QED) is 0.506. The van der Waals surface area contributed by atoms with E-state index in [9.17, 15) is 14.9 Å². The van der Waals surface area contributed by atoms with Gasteiger partial charge in [0.15, 0.2) is 0 Å². The minimum absolute atomic E-state index is 0.0401. The second-order valence-corrected chi connectivity index (χ2v) is 6.64. The first-order valence-electron chi connectivity index (χ1n) is 7.98. The Morgan fingerprint density at radius 2 is 1.84 bits per heavy atom. The number of carbonyl (C=O) groups excluding carboxylic acids is 1. The van der Waals surface area contributed by atoms with Crippen molar-refractivity contribution in [3.05, 3.63) is 75.8 Å². The molecular weight excluding hydrogens is 342 g/mol. The summed E-state index contributed by atoms with van der Waals surface area (Å²) in [7, 11) is 0. The fraction of sp³-hybridized carbons (Fsp3) is 0.278. The summed E-state index contributed by atoms with van der Waals surface area (Å²) in [6.07, 6.45) is 0. The maximum atomic E-state index is 12.3. The largest absolute Gasteiger partial charge is 0.346 e. The van der Waals surface area contributed by atoms with Gasteiger partial charge in [-0.3, -0.25) is 19.8 Å². The summed E-state index contributed by atoms with van der Waals surface area (Å²) in [5, 5.41) is 13.4. The van der Waals surface area contributed by atoms with Gasteiger partial charge in [-0.2, -0.15) is 0 Å². The number of alkyl halides is 1. The van der Waals surface area contributed by atoms with Crippen LogP contribution in [0.4, 0.5) is 5.69 Å². The number of nitrogens with one attached hydrogen (secondary N) is 1. The fourth-order valence-electron chi connectivity index (χ4n) is 2.93. The number of benzene rings is 2. The van der Waals surface area contributed by atoms with Gasteiger partial charge in [0.05, 0.1) is 16.3 Å². The van der Waals surface area contributed by atoms with E-state index in [1.54, 1.807) is 0 Å². The molecule has 0 unspecified atom stereocenters. The van der Waals surface area contributed by atoms with Crippen molar-refractivity contribution in [2.45, 2.75) is 18.0 Å². The molecule has 2 atom stereocenters. The lowest BCUT2D eigenvalue weighted by molar-refractivity contribution is -0.384. The number of rotatable bonds is 5. The number of non-ortho nitro benzene ring substituents is 1. The minimum atomic E-state index is -0.491. The smallest absolute Gasteiger partial charge is 0.269 e.